The summed E-state index contributed by atoms with van der Waals surface area (Å²) < 4.78 is 1.68. The van der Waals surface area contributed by atoms with E-state index < -0.39 is 0 Å². The van der Waals surface area contributed by atoms with Gasteiger partial charge in [-0.25, -0.2) is 9.50 Å². The van der Waals surface area contributed by atoms with Gasteiger partial charge in [0.2, 0.25) is 0 Å². The van der Waals surface area contributed by atoms with Crippen LogP contribution in [0.4, 0.5) is 11.5 Å². The first-order valence-corrected chi connectivity index (χ1v) is 10.5. The lowest BCUT2D eigenvalue weighted by atomic mass is 10.2. The fraction of sp³-hybridized carbons (Fsp3) is 0.0435. The third-order valence-electron chi connectivity index (χ3n) is 4.66. The molecule has 8 heteroatoms. The molecule has 0 saturated carbocycles. The number of nitrogens with two attached hydrogens (primary N) is 1. The molecule has 31 heavy (non-hydrogen) atoms. The summed E-state index contributed by atoms with van der Waals surface area (Å²) >= 11 is 1.63. The summed E-state index contributed by atoms with van der Waals surface area (Å²) in [5.74, 6) is 0.540. The van der Waals surface area contributed by atoms with Gasteiger partial charge in [-0.3, -0.25) is 10.4 Å². The van der Waals surface area contributed by atoms with E-state index in [1.165, 1.54) is 5.56 Å². The highest BCUT2D eigenvalue weighted by Crippen LogP contribution is 2.33. The van der Waals surface area contributed by atoms with Crippen molar-refractivity contribution in [3.8, 4) is 21.1 Å². The van der Waals surface area contributed by atoms with E-state index in [0.29, 0.717) is 17.2 Å². The molecule has 0 aliphatic carbocycles. The summed E-state index contributed by atoms with van der Waals surface area (Å²) in [6.07, 6.45) is 5.41. The first-order chi connectivity index (χ1) is 15.2. The van der Waals surface area contributed by atoms with Gasteiger partial charge in [0, 0.05) is 12.3 Å². The number of nitrogens with one attached hydrogen (secondary N) is 1. The molecule has 0 atom stereocenters. The molecule has 4 heterocycles. The molecule has 0 amide bonds. The molecule has 0 bridgehead atoms. The van der Waals surface area contributed by atoms with Crippen LogP contribution in [0.3, 0.4) is 0 Å². The molecular formula is C23H19N7S. The number of imidazole rings is 1. The number of hydrazone groups is 1. The minimum absolute atomic E-state index is 0.524. The number of benzene rings is 1. The van der Waals surface area contributed by atoms with E-state index in [1.54, 1.807) is 34.3 Å². The maximum atomic E-state index is 6.23. The molecule has 0 saturated heterocycles. The Kier molecular flexibility index (Phi) is 4.89. The molecule has 4 aromatic heterocycles. The number of nitrogen functional groups attached to an aromatic ring is 1. The lowest BCUT2D eigenvalue weighted by molar-refractivity contribution is 0.936. The van der Waals surface area contributed by atoms with Crippen LogP contribution in [0.25, 0.3) is 26.8 Å². The average Bonchev–Trinajstić information content (AvgIpc) is 3.42. The third kappa shape index (κ3) is 4.01. The number of aryl methyl sites for hydroxylation is 1. The van der Waals surface area contributed by atoms with Crippen molar-refractivity contribution in [2.75, 3.05) is 11.2 Å². The Morgan fingerprint density at radius 1 is 1.03 bits per heavy atom. The van der Waals surface area contributed by atoms with Gasteiger partial charge in [0.15, 0.2) is 11.5 Å². The summed E-state index contributed by atoms with van der Waals surface area (Å²) in [5.41, 5.74) is 14.2. The molecule has 5 aromatic rings. The second kappa shape index (κ2) is 8.00. The third-order valence-corrected chi connectivity index (χ3v) is 5.79. The largest absolute Gasteiger partial charge is 0.396 e. The van der Waals surface area contributed by atoms with Gasteiger partial charge in [-0.05, 0) is 36.8 Å². The van der Waals surface area contributed by atoms with E-state index in [4.69, 9.17) is 5.73 Å². The number of pyridine rings is 1. The summed E-state index contributed by atoms with van der Waals surface area (Å²) in [7, 11) is 0. The fourth-order valence-electron chi connectivity index (χ4n) is 3.22. The van der Waals surface area contributed by atoms with E-state index >= 15 is 0 Å². The number of hydrogen-bond acceptors (Lipinski definition) is 7. The van der Waals surface area contributed by atoms with Crippen LogP contribution in [0, 0.1) is 6.92 Å². The van der Waals surface area contributed by atoms with Crippen molar-refractivity contribution < 1.29 is 0 Å². The summed E-state index contributed by atoms with van der Waals surface area (Å²) in [6.45, 7) is 2.05. The predicted octanol–water partition coefficient (Wildman–Crippen LogP) is 4.86. The van der Waals surface area contributed by atoms with Crippen molar-refractivity contribution in [1.82, 2.24) is 19.6 Å². The standard InChI is InChI=1S/C23H19N7S/c1-15-5-4-6-16(11-15)13-26-28-22-12-17(24)23-27-19(14-30(23)29-22)21-9-8-20(31-21)18-7-2-3-10-25-18/h2-14H,24H2,1H3,(H,28,29)/b26-13+. The van der Waals surface area contributed by atoms with Crippen LogP contribution in [-0.4, -0.2) is 25.8 Å². The molecular weight excluding hydrogens is 406 g/mol. The van der Waals surface area contributed by atoms with E-state index in [9.17, 15) is 0 Å². The highest BCUT2D eigenvalue weighted by Gasteiger charge is 2.12. The van der Waals surface area contributed by atoms with Crippen LogP contribution >= 0.6 is 11.3 Å². The number of hydrogen-bond donors (Lipinski definition) is 2. The number of nitrogens with zero attached hydrogens (tertiary/aromatic N) is 5. The van der Waals surface area contributed by atoms with Crippen LogP contribution in [-0.2, 0) is 0 Å². The summed E-state index contributed by atoms with van der Waals surface area (Å²) in [4.78, 5) is 11.2. The van der Waals surface area contributed by atoms with Crippen molar-refractivity contribution in [1.29, 1.82) is 0 Å². The number of aromatic nitrogens is 4. The van der Waals surface area contributed by atoms with Crippen LogP contribution in [0.1, 0.15) is 11.1 Å². The first-order valence-electron chi connectivity index (χ1n) is 9.69. The van der Waals surface area contributed by atoms with Crippen molar-refractivity contribution >= 4 is 34.7 Å². The second-order valence-corrected chi connectivity index (χ2v) is 8.13. The van der Waals surface area contributed by atoms with Crippen molar-refractivity contribution in [3.05, 3.63) is 84.2 Å². The molecule has 1 aromatic carbocycles. The number of fused-ring (bicyclic) bond motifs is 1. The van der Waals surface area contributed by atoms with Gasteiger partial charge in [0.25, 0.3) is 0 Å². The molecule has 0 aliphatic heterocycles. The lowest BCUT2D eigenvalue weighted by Crippen LogP contribution is -2.01. The Morgan fingerprint density at radius 2 is 1.90 bits per heavy atom. The topological polar surface area (TPSA) is 93.5 Å². The van der Waals surface area contributed by atoms with Crippen molar-refractivity contribution in [2.45, 2.75) is 6.92 Å². The van der Waals surface area contributed by atoms with Gasteiger partial charge < -0.3 is 5.73 Å². The van der Waals surface area contributed by atoms with Crippen LogP contribution in [0.15, 0.2) is 78.2 Å². The second-order valence-electron chi connectivity index (χ2n) is 7.04. The quantitative estimate of drug-likeness (QED) is 0.310. The molecule has 0 spiro atoms. The lowest BCUT2D eigenvalue weighted by Gasteiger charge is -2.02. The van der Waals surface area contributed by atoms with Crippen molar-refractivity contribution in [2.24, 2.45) is 5.10 Å². The van der Waals surface area contributed by atoms with Crippen LogP contribution in [0.2, 0.25) is 0 Å². The maximum Gasteiger partial charge on any atom is 0.177 e. The maximum absolute atomic E-state index is 6.23. The average molecular weight is 426 g/mol. The first kappa shape index (κ1) is 19.0. The molecule has 5 rings (SSSR count). The SMILES string of the molecule is Cc1cccc(/C=N/Nc2cc(N)c3nc(-c4ccc(-c5ccccn5)s4)cn3n2)c1. The summed E-state index contributed by atoms with van der Waals surface area (Å²) in [5, 5.41) is 8.81. The van der Waals surface area contributed by atoms with Gasteiger partial charge in [0.05, 0.1) is 33.5 Å². The zero-order valence-corrected chi connectivity index (χ0v) is 17.5. The molecule has 0 unspecified atom stereocenters. The van der Waals surface area contributed by atoms with E-state index in [0.717, 1.165) is 26.7 Å². The fourth-order valence-corrected chi connectivity index (χ4v) is 4.16. The van der Waals surface area contributed by atoms with Gasteiger partial charge in [-0.1, -0.05) is 35.9 Å². The normalized spacial score (nSPS) is 11.4. The van der Waals surface area contributed by atoms with Crippen molar-refractivity contribution in [3.63, 3.8) is 0 Å². The Balaban J connectivity index is 1.40. The molecule has 0 fully saturated rings. The Bertz CT molecular complexity index is 1390. The number of anilines is 2. The van der Waals surface area contributed by atoms with Crippen LogP contribution < -0.4 is 11.2 Å². The van der Waals surface area contributed by atoms with Gasteiger partial charge in [0.1, 0.15) is 5.69 Å². The highest BCUT2D eigenvalue weighted by molar-refractivity contribution is 7.18. The van der Waals surface area contributed by atoms with E-state index in [1.807, 2.05) is 55.6 Å². The molecule has 3 N–H and O–H groups in total. The molecule has 152 valence electrons. The summed E-state index contributed by atoms with van der Waals surface area (Å²) in [6, 6.07) is 19.8. The zero-order chi connectivity index (χ0) is 21.2. The number of thiophene rings is 1. The Morgan fingerprint density at radius 3 is 2.71 bits per heavy atom. The monoisotopic (exact) mass is 425 g/mol. The van der Waals surface area contributed by atoms with E-state index in [2.05, 4.69) is 37.7 Å². The van der Waals surface area contributed by atoms with Crippen LogP contribution in [0.5, 0.6) is 0 Å². The zero-order valence-electron chi connectivity index (χ0n) is 16.7. The molecule has 0 aliphatic rings. The smallest absolute Gasteiger partial charge is 0.177 e. The number of rotatable bonds is 5. The van der Waals surface area contributed by atoms with E-state index in [-0.39, 0.29) is 0 Å². The molecule has 0 radical (unpaired) electrons. The Labute approximate surface area is 182 Å². The predicted molar refractivity (Wildman–Crippen MR) is 126 cm³/mol. The minimum atomic E-state index is 0.524. The Hall–Kier alpha value is -4.04. The van der Waals surface area contributed by atoms with Gasteiger partial charge in [-0.15, -0.1) is 16.4 Å². The van der Waals surface area contributed by atoms with Gasteiger partial charge >= 0.3 is 0 Å². The minimum Gasteiger partial charge on any atom is -0.396 e. The highest BCUT2D eigenvalue weighted by atomic mass is 32.1. The van der Waals surface area contributed by atoms with Gasteiger partial charge in [-0.2, -0.15) is 5.10 Å². The molecule has 7 nitrogen and oxygen atoms in total.